The van der Waals surface area contributed by atoms with E-state index in [9.17, 15) is 0 Å². The fourth-order valence-electron chi connectivity index (χ4n) is 1.40. The molecule has 84 valence electrons. The Balaban J connectivity index is 2.02. The summed E-state index contributed by atoms with van der Waals surface area (Å²) in [5.41, 5.74) is 7.21. The summed E-state index contributed by atoms with van der Waals surface area (Å²) < 4.78 is 0. The molecule has 0 radical (unpaired) electrons. The van der Waals surface area contributed by atoms with Crippen LogP contribution in [-0.2, 0) is 6.42 Å². The van der Waals surface area contributed by atoms with Crippen molar-refractivity contribution in [3.8, 4) is 11.4 Å². The molecule has 0 saturated heterocycles. The van der Waals surface area contributed by atoms with Gasteiger partial charge in [-0.1, -0.05) is 0 Å². The Morgan fingerprint density at radius 3 is 2.88 bits per heavy atom. The molecule has 5 heteroatoms. The molecule has 16 heavy (non-hydrogen) atoms. The molecule has 2 heterocycles. The van der Waals surface area contributed by atoms with Crippen LogP contribution in [0.3, 0.4) is 0 Å². The Kier molecular flexibility index (Phi) is 3.96. The SMILES string of the molecule is NCCCCc1nc(-c2cnccn2)cs1. The predicted molar refractivity (Wildman–Crippen MR) is 65.1 cm³/mol. The van der Waals surface area contributed by atoms with E-state index in [0.29, 0.717) is 0 Å². The summed E-state index contributed by atoms with van der Waals surface area (Å²) in [6.45, 7) is 0.752. The minimum absolute atomic E-state index is 0.752. The highest BCUT2D eigenvalue weighted by Gasteiger charge is 2.05. The van der Waals surface area contributed by atoms with E-state index in [1.54, 1.807) is 29.9 Å². The maximum absolute atomic E-state index is 5.45. The van der Waals surface area contributed by atoms with Crippen molar-refractivity contribution < 1.29 is 0 Å². The first-order valence-corrected chi connectivity index (χ1v) is 6.19. The number of nitrogens with two attached hydrogens (primary N) is 1. The molecular formula is C11H14N4S. The second-order valence-electron chi connectivity index (χ2n) is 3.46. The number of aryl methyl sites for hydroxylation is 1. The van der Waals surface area contributed by atoms with Gasteiger partial charge >= 0.3 is 0 Å². The number of thiazole rings is 1. The summed E-state index contributed by atoms with van der Waals surface area (Å²) in [4.78, 5) is 12.8. The highest BCUT2D eigenvalue weighted by Crippen LogP contribution is 2.20. The van der Waals surface area contributed by atoms with Crippen LogP contribution in [0.4, 0.5) is 0 Å². The van der Waals surface area contributed by atoms with Crippen LogP contribution in [-0.4, -0.2) is 21.5 Å². The van der Waals surface area contributed by atoms with E-state index in [1.807, 2.05) is 5.38 Å². The molecule has 0 amide bonds. The highest BCUT2D eigenvalue weighted by molar-refractivity contribution is 7.09. The van der Waals surface area contributed by atoms with Crippen molar-refractivity contribution in [1.82, 2.24) is 15.0 Å². The summed E-state index contributed by atoms with van der Waals surface area (Å²) >= 11 is 1.68. The first kappa shape index (κ1) is 11.2. The number of rotatable bonds is 5. The maximum Gasteiger partial charge on any atom is 0.108 e. The highest BCUT2D eigenvalue weighted by atomic mass is 32.1. The van der Waals surface area contributed by atoms with E-state index in [-0.39, 0.29) is 0 Å². The molecule has 0 aliphatic carbocycles. The van der Waals surface area contributed by atoms with E-state index in [4.69, 9.17) is 5.73 Å². The van der Waals surface area contributed by atoms with Crippen LogP contribution in [0, 0.1) is 0 Å². The molecule has 0 aliphatic heterocycles. The van der Waals surface area contributed by atoms with Crippen LogP contribution < -0.4 is 5.73 Å². The van der Waals surface area contributed by atoms with Crippen molar-refractivity contribution in [2.45, 2.75) is 19.3 Å². The largest absolute Gasteiger partial charge is 0.330 e. The fourth-order valence-corrected chi connectivity index (χ4v) is 2.23. The summed E-state index contributed by atoms with van der Waals surface area (Å²) in [6, 6.07) is 0. The minimum Gasteiger partial charge on any atom is -0.330 e. The molecule has 0 atom stereocenters. The van der Waals surface area contributed by atoms with Crippen molar-refractivity contribution in [3.05, 3.63) is 29.0 Å². The number of hydrogen-bond donors (Lipinski definition) is 1. The monoisotopic (exact) mass is 234 g/mol. The van der Waals surface area contributed by atoms with Crippen LogP contribution in [0.1, 0.15) is 17.8 Å². The lowest BCUT2D eigenvalue weighted by Gasteiger charge is -1.95. The average molecular weight is 234 g/mol. The molecule has 2 rings (SSSR count). The number of aromatic nitrogens is 3. The zero-order valence-electron chi connectivity index (χ0n) is 8.97. The van der Waals surface area contributed by atoms with E-state index in [2.05, 4.69) is 15.0 Å². The quantitative estimate of drug-likeness (QED) is 0.802. The van der Waals surface area contributed by atoms with Gasteiger partial charge in [0.2, 0.25) is 0 Å². The molecule has 0 bridgehead atoms. The molecule has 0 aromatic carbocycles. The maximum atomic E-state index is 5.45. The van der Waals surface area contributed by atoms with Gasteiger partial charge in [-0.3, -0.25) is 9.97 Å². The van der Waals surface area contributed by atoms with Crippen molar-refractivity contribution in [1.29, 1.82) is 0 Å². The average Bonchev–Trinajstić information content (AvgIpc) is 2.79. The lowest BCUT2D eigenvalue weighted by atomic mass is 10.2. The smallest absolute Gasteiger partial charge is 0.108 e. The first-order chi connectivity index (χ1) is 7.90. The molecule has 0 spiro atoms. The van der Waals surface area contributed by atoms with E-state index in [1.165, 1.54) is 0 Å². The third-order valence-corrected chi connectivity index (χ3v) is 3.13. The second-order valence-corrected chi connectivity index (χ2v) is 4.41. The Labute approximate surface area is 98.6 Å². The van der Waals surface area contributed by atoms with E-state index >= 15 is 0 Å². The lowest BCUT2D eigenvalue weighted by Crippen LogP contribution is -1.98. The van der Waals surface area contributed by atoms with Gasteiger partial charge in [0.15, 0.2) is 0 Å². The van der Waals surface area contributed by atoms with Crippen LogP contribution in [0.15, 0.2) is 24.0 Å². The van der Waals surface area contributed by atoms with Crippen molar-refractivity contribution >= 4 is 11.3 Å². The lowest BCUT2D eigenvalue weighted by molar-refractivity contribution is 0.742. The van der Waals surface area contributed by atoms with Gasteiger partial charge in [-0.05, 0) is 25.8 Å². The number of unbranched alkanes of at least 4 members (excludes halogenated alkanes) is 1. The molecule has 2 N–H and O–H groups in total. The topological polar surface area (TPSA) is 64.7 Å². The van der Waals surface area contributed by atoms with Gasteiger partial charge in [-0.25, -0.2) is 4.98 Å². The van der Waals surface area contributed by atoms with Crippen molar-refractivity contribution in [3.63, 3.8) is 0 Å². The number of hydrogen-bond acceptors (Lipinski definition) is 5. The molecule has 4 nitrogen and oxygen atoms in total. The van der Waals surface area contributed by atoms with Gasteiger partial charge in [0.25, 0.3) is 0 Å². The Bertz CT molecular complexity index is 427. The van der Waals surface area contributed by atoms with Gasteiger partial charge < -0.3 is 5.73 Å². The molecule has 2 aromatic rings. The zero-order chi connectivity index (χ0) is 11.2. The van der Waals surface area contributed by atoms with Gasteiger partial charge in [0, 0.05) is 17.8 Å². The first-order valence-electron chi connectivity index (χ1n) is 5.31. The van der Waals surface area contributed by atoms with Crippen LogP contribution in [0.25, 0.3) is 11.4 Å². The number of nitrogens with zero attached hydrogens (tertiary/aromatic N) is 3. The Hall–Kier alpha value is -1.33. The van der Waals surface area contributed by atoms with Gasteiger partial charge in [-0.2, -0.15) is 0 Å². The van der Waals surface area contributed by atoms with Crippen molar-refractivity contribution in [2.24, 2.45) is 5.73 Å². The van der Waals surface area contributed by atoms with Gasteiger partial charge in [0.05, 0.1) is 11.2 Å². The molecule has 0 saturated carbocycles. The van der Waals surface area contributed by atoms with Crippen LogP contribution >= 0.6 is 11.3 Å². The molecule has 2 aromatic heterocycles. The van der Waals surface area contributed by atoms with E-state index < -0.39 is 0 Å². The second kappa shape index (κ2) is 5.67. The summed E-state index contributed by atoms with van der Waals surface area (Å²) in [7, 11) is 0. The zero-order valence-corrected chi connectivity index (χ0v) is 9.78. The fraction of sp³-hybridized carbons (Fsp3) is 0.364. The summed E-state index contributed by atoms with van der Waals surface area (Å²) in [6.07, 6.45) is 8.24. The standard InChI is InChI=1S/C11H14N4S/c12-4-2-1-3-11-15-10(8-16-11)9-7-13-5-6-14-9/h5-8H,1-4,12H2. The Morgan fingerprint density at radius 1 is 1.19 bits per heavy atom. The minimum atomic E-state index is 0.752. The summed E-state index contributed by atoms with van der Waals surface area (Å²) in [5, 5.41) is 3.18. The van der Waals surface area contributed by atoms with Gasteiger partial charge in [-0.15, -0.1) is 11.3 Å². The van der Waals surface area contributed by atoms with E-state index in [0.717, 1.165) is 42.2 Å². The van der Waals surface area contributed by atoms with Crippen molar-refractivity contribution in [2.75, 3.05) is 6.54 Å². The Morgan fingerprint density at radius 2 is 2.12 bits per heavy atom. The molecule has 0 fully saturated rings. The molecule has 0 unspecified atom stereocenters. The van der Waals surface area contributed by atoms with Crippen LogP contribution in [0.5, 0.6) is 0 Å². The van der Waals surface area contributed by atoms with Crippen LogP contribution in [0.2, 0.25) is 0 Å². The molecule has 0 aliphatic rings. The molecular weight excluding hydrogens is 220 g/mol. The third-order valence-electron chi connectivity index (χ3n) is 2.22. The summed E-state index contributed by atoms with van der Waals surface area (Å²) in [5.74, 6) is 0. The third kappa shape index (κ3) is 2.84. The van der Waals surface area contributed by atoms with Gasteiger partial charge in [0.1, 0.15) is 11.4 Å². The normalized spacial score (nSPS) is 10.6. The predicted octanol–water partition coefficient (Wildman–Crippen LogP) is 1.88.